The smallest absolute Gasteiger partial charge is 0.416 e. The zero-order chi connectivity index (χ0) is 87.8. The number of methoxy groups -OCH3 is 1. The van der Waals surface area contributed by atoms with Gasteiger partial charge in [0.2, 0.25) is 0 Å². The molecular formula is C98H114F5N5O7S5. The van der Waals surface area contributed by atoms with Crippen molar-refractivity contribution in [3.05, 3.63) is 282 Å². The van der Waals surface area contributed by atoms with Crippen LogP contribution in [-0.4, -0.2) is 38.7 Å². The Kier molecular flexibility index (Phi) is 39.1. The molecule has 0 aliphatic heterocycles. The van der Waals surface area contributed by atoms with Gasteiger partial charge < -0.3 is 59.7 Å². The highest BCUT2D eigenvalue weighted by atomic mass is 32.1. The van der Waals surface area contributed by atoms with Gasteiger partial charge in [-0.25, -0.2) is 8.78 Å². The van der Waals surface area contributed by atoms with E-state index in [2.05, 4.69) is 136 Å². The quantitative estimate of drug-likeness (QED) is 0.0216. The second-order valence-corrected chi connectivity index (χ2v) is 31.8. The minimum atomic E-state index is -4.40. The number of nitrogens with one attached hydrogen (secondary N) is 5. The van der Waals surface area contributed by atoms with Gasteiger partial charge in [-0.05, 0) is 264 Å². The van der Waals surface area contributed by atoms with Crippen molar-refractivity contribution >= 4 is 114 Å². The van der Waals surface area contributed by atoms with Crippen LogP contribution in [0.2, 0.25) is 0 Å². The second-order valence-electron chi connectivity index (χ2n) is 29.3. The van der Waals surface area contributed by atoms with Crippen LogP contribution in [0, 0.1) is 69.2 Å². The van der Waals surface area contributed by atoms with E-state index < -0.39 is 18.2 Å². The molecule has 0 aromatic heterocycles. The molecule has 0 atom stereocenters. The Morgan fingerprint density at radius 3 is 0.917 bits per heavy atom. The average Bonchev–Trinajstić information content (AvgIpc) is 1.16. The summed E-state index contributed by atoms with van der Waals surface area (Å²) in [7, 11) is 1.66. The van der Waals surface area contributed by atoms with E-state index in [9.17, 15) is 22.0 Å². The van der Waals surface area contributed by atoms with Crippen LogP contribution in [0.1, 0.15) is 199 Å². The Bertz CT molecular complexity index is 5010. The number of hydrogen-bond acceptors (Lipinski definition) is 12. The molecule has 0 heterocycles. The van der Waals surface area contributed by atoms with E-state index in [1.807, 2.05) is 147 Å². The number of rotatable bonds is 30. The van der Waals surface area contributed by atoms with Crippen molar-refractivity contribution in [2.75, 3.05) is 40.3 Å². The molecule has 0 spiro atoms. The Morgan fingerprint density at radius 2 is 0.625 bits per heavy atom. The number of aryl methyl sites for hydroxylation is 10. The molecule has 12 nitrogen and oxygen atoms in total. The highest BCUT2D eigenvalue weighted by molar-refractivity contribution is 7.81. The minimum absolute atomic E-state index is 0.0164. The lowest BCUT2D eigenvalue weighted by Crippen LogP contribution is -2.13. The predicted molar refractivity (Wildman–Crippen MR) is 506 cm³/mol. The van der Waals surface area contributed by atoms with Gasteiger partial charge in [0.15, 0.2) is 0 Å². The molecule has 1 aliphatic rings. The molecule has 5 N–H and O–H groups in total. The van der Waals surface area contributed by atoms with Crippen molar-refractivity contribution in [1.29, 1.82) is 0 Å². The molecule has 0 radical (unpaired) electrons. The zero-order valence-electron chi connectivity index (χ0n) is 72.0. The van der Waals surface area contributed by atoms with Gasteiger partial charge in [0.05, 0.1) is 44.2 Å². The summed E-state index contributed by atoms with van der Waals surface area (Å²) in [5.74, 6) is 6.49. The number of ether oxygens (including phenoxy) is 7. The zero-order valence-corrected chi connectivity index (χ0v) is 76.0. The van der Waals surface area contributed by atoms with Crippen molar-refractivity contribution in [1.82, 2.24) is 0 Å². The number of halogens is 5. The predicted octanol–water partition coefficient (Wildman–Crippen LogP) is 28.4. The van der Waals surface area contributed by atoms with Crippen LogP contribution >= 0.6 is 61.1 Å². The van der Waals surface area contributed by atoms with Crippen molar-refractivity contribution in [2.24, 2.45) is 0 Å². The van der Waals surface area contributed by atoms with Gasteiger partial charge in [-0.15, -0.1) is 0 Å². The van der Waals surface area contributed by atoms with Gasteiger partial charge in [-0.3, -0.25) is 0 Å². The lowest BCUT2D eigenvalue weighted by Gasteiger charge is -2.16. The third-order valence-electron chi connectivity index (χ3n) is 19.2. The molecule has 10 aromatic carbocycles. The Labute approximate surface area is 734 Å². The van der Waals surface area contributed by atoms with Gasteiger partial charge in [0.1, 0.15) is 73.3 Å². The van der Waals surface area contributed by atoms with E-state index in [4.69, 9.17) is 94.2 Å². The second kappa shape index (κ2) is 48.4. The van der Waals surface area contributed by atoms with Crippen LogP contribution < -0.4 is 59.7 Å². The molecule has 120 heavy (non-hydrogen) atoms. The topological polar surface area (TPSA) is 125 Å². The van der Waals surface area contributed by atoms with Gasteiger partial charge in [0.25, 0.3) is 6.43 Å². The summed E-state index contributed by atoms with van der Waals surface area (Å²) in [6, 6.07) is 56.8. The van der Waals surface area contributed by atoms with Crippen LogP contribution in [0.25, 0.3) is 0 Å². The van der Waals surface area contributed by atoms with E-state index in [0.717, 1.165) is 148 Å². The summed E-state index contributed by atoms with van der Waals surface area (Å²) in [5.41, 5.74) is 20.5. The van der Waals surface area contributed by atoms with E-state index in [-0.39, 0.29) is 18.8 Å². The minimum Gasteiger partial charge on any atom is -0.497 e. The fourth-order valence-corrected chi connectivity index (χ4v) is 12.9. The highest BCUT2D eigenvalue weighted by Crippen LogP contribution is 2.42. The van der Waals surface area contributed by atoms with Gasteiger partial charge >= 0.3 is 6.18 Å². The molecule has 0 saturated heterocycles. The third-order valence-corrected chi connectivity index (χ3v) is 21.2. The Morgan fingerprint density at radius 1 is 0.342 bits per heavy atom. The number of benzene rings is 10. The van der Waals surface area contributed by atoms with Crippen molar-refractivity contribution in [3.8, 4) is 40.2 Å². The van der Waals surface area contributed by atoms with E-state index in [1.54, 1.807) is 13.2 Å². The summed E-state index contributed by atoms with van der Waals surface area (Å²) in [5, 5.41) is 16.0. The van der Waals surface area contributed by atoms with Gasteiger partial charge in [0, 0.05) is 61.8 Å². The van der Waals surface area contributed by atoms with Crippen molar-refractivity contribution in [3.63, 3.8) is 0 Å². The SMILES string of the molecule is CCC(=S)Nc1ccc(C(F)(F)F)cc1COc1ccc(C)cc1C.CCC(=S)Nc1ccc(C(F)F)cc1COc1ccc(C)cc1C.CCC(=S)Nc1ccc(C2CC2)cc1COc1ccc(C)cc1C.CCC(=S)Nc1ccc(OC)cc1COc1ccc(C)cc1C.CCOc1ccc(NC(=S)CC)c(COc2ccc(C)cc2C)c1. The number of thiocarbonyl (C=S) groups is 5. The molecule has 22 heteroatoms. The Hall–Kier alpha value is -10.1. The average molecular weight is 1730 g/mol. The van der Waals surface area contributed by atoms with Crippen LogP contribution in [0.15, 0.2) is 182 Å². The number of anilines is 5. The van der Waals surface area contributed by atoms with E-state index >= 15 is 0 Å². The third kappa shape index (κ3) is 31.8. The normalized spacial score (nSPS) is 11.3. The monoisotopic (exact) mass is 1730 g/mol. The molecule has 0 amide bonds. The summed E-state index contributed by atoms with van der Waals surface area (Å²) in [4.78, 5) is 3.71. The Balaban J connectivity index is 0.000000207. The first kappa shape index (κ1) is 97.0. The van der Waals surface area contributed by atoms with Crippen LogP contribution in [-0.2, 0) is 39.2 Å². The molecule has 1 saturated carbocycles. The maximum Gasteiger partial charge on any atom is 0.416 e. The lowest BCUT2D eigenvalue weighted by atomic mass is 10.1. The first-order chi connectivity index (χ1) is 57.2. The fraction of sp³-hybridized carbons (Fsp3) is 0.337. The highest BCUT2D eigenvalue weighted by Gasteiger charge is 2.31. The molecule has 11 rings (SSSR count). The van der Waals surface area contributed by atoms with Crippen molar-refractivity contribution in [2.45, 2.75) is 207 Å². The van der Waals surface area contributed by atoms with Gasteiger partial charge in [-0.2, -0.15) is 13.2 Å². The fourth-order valence-electron chi connectivity index (χ4n) is 12.3. The molecule has 638 valence electrons. The molecular weight excluding hydrogens is 1610 g/mol. The maximum atomic E-state index is 13.0. The lowest BCUT2D eigenvalue weighted by molar-refractivity contribution is -0.137. The maximum absolute atomic E-state index is 13.0. The largest absolute Gasteiger partial charge is 0.497 e. The van der Waals surface area contributed by atoms with E-state index in [0.29, 0.717) is 77.5 Å². The molecule has 0 unspecified atom stereocenters. The van der Waals surface area contributed by atoms with Crippen LogP contribution in [0.5, 0.6) is 40.2 Å². The van der Waals surface area contributed by atoms with E-state index in [1.165, 1.54) is 64.4 Å². The number of alkyl halides is 5. The summed E-state index contributed by atoms with van der Waals surface area (Å²) >= 11 is 26.3. The summed E-state index contributed by atoms with van der Waals surface area (Å²) in [6.07, 6.45) is -0.572. The summed E-state index contributed by atoms with van der Waals surface area (Å²) in [6.45, 7) is 34.6. The van der Waals surface area contributed by atoms with Crippen LogP contribution in [0.3, 0.4) is 0 Å². The molecule has 1 aliphatic carbocycles. The van der Waals surface area contributed by atoms with Crippen molar-refractivity contribution < 1.29 is 55.1 Å². The standard InChI is InChI=1S/C21H25NOS.C20H25NO2S.C19H20F3NOS.C19H21F2NOS.C19H23NO2S/c1-4-21(24)22-19-9-8-17(16-6-7-16)12-18(19)13-23-20-10-5-14(2)11-15(20)3;1-5-20(24)21-18-9-8-17(22-6-2)12-16(18)13-23-19-10-7-14(3)11-15(19)4;1-4-18(25)23-16-7-6-15(19(20,21)22)10-14(16)11-24-17-8-5-12(2)9-13(17)3;1-4-18(24)22-16-7-6-14(19(20)21)10-15(16)11-23-17-8-5-12(2)9-13(17)3;1-5-19(23)20-17-8-7-16(21-4)11-15(17)12-22-18-9-6-13(2)10-14(18)3/h5,8-12,16H,4,6-7,13H2,1-3H3,(H,22,24);7-12H,5-6,13H2,1-4H3,(H,21,24);5-10H,4,11H2,1-3H3,(H,23,25);5-10,19H,4,11H2,1-3H3,(H,22,24);6-11H,5,12H2,1-4H3,(H,20,23). The summed E-state index contributed by atoms with van der Waals surface area (Å²) < 4.78 is 106. The molecule has 1 fully saturated rings. The molecule has 0 bridgehead atoms. The first-order valence-corrected chi connectivity index (χ1v) is 42.4. The van der Waals surface area contributed by atoms with Crippen LogP contribution in [0.4, 0.5) is 50.4 Å². The number of hydrogen-bond donors (Lipinski definition) is 5. The van der Waals surface area contributed by atoms with Gasteiger partial charge in [-0.1, -0.05) is 202 Å². The first-order valence-electron chi connectivity index (χ1n) is 40.4. The molecule has 10 aromatic rings.